The van der Waals surface area contributed by atoms with Crippen molar-refractivity contribution in [3.63, 3.8) is 0 Å². The summed E-state index contributed by atoms with van der Waals surface area (Å²) in [6.45, 7) is 0.797. The van der Waals surface area contributed by atoms with Crippen molar-refractivity contribution in [1.82, 2.24) is 5.32 Å². The van der Waals surface area contributed by atoms with E-state index in [2.05, 4.69) is 32.7 Å². The molecule has 2 aromatic rings. The zero-order valence-corrected chi connectivity index (χ0v) is 11.8. The second kappa shape index (κ2) is 4.96. The highest BCUT2D eigenvalue weighted by atomic mass is 79.9. The minimum absolute atomic E-state index is 0.494. The van der Waals surface area contributed by atoms with Crippen LogP contribution in [0.4, 0.5) is 0 Å². The number of halogens is 1. The van der Waals surface area contributed by atoms with Gasteiger partial charge in [-0.05, 0) is 64.3 Å². The molecule has 90 valence electrons. The summed E-state index contributed by atoms with van der Waals surface area (Å²) in [5, 5.41) is 5.79. The second-order valence-electron chi connectivity index (χ2n) is 4.33. The lowest BCUT2D eigenvalue weighted by molar-refractivity contribution is 0.412. The van der Waals surface area contributed by atoms with Crippen LogP contribution in [0.3, 0.4) is 0 Å². The first-order valence-electron chi connectivity index (χ1n) is 5.87. The lowest BCUT2D eigenvalue weighted by Gasteiger charge is -2.23. The first kappa shape index (κ1) is 11.5. The summed E-state index contributed by atoms with van der Waals surface area (Å²) >= 11 is 5.21. The minimum Gasteiger partial charge on any atom is -0.453 e. The fourth-order valence-corrected chi connectivity index (χ4v) is 3.70. The number of nitrogens with one attached hydrogen (secondary N) is 1. The highest BCUT2D eigenvalue weighted by molar-refractivity contribution is 9.10. The van der Waals surface area contributed by atoms with E-state index in [1.54, 1.807) is 4.88 Å². The molecule has 1 aliphatic carbocycles. The molecular formula is C13H14BrNOS. The van der Waals surface area contributed by atoms with Crippen molar-refractivity contribution in [3.05, 3.63) is 44.4 Å². The van der Waals surface area contributed by atoms with Crippen LogP contribution in [-0.4, -0.2) is 0 Å². The van der Waals surface area contributed by atoms with Crippen LogP contribution in [-0.2, 0) is 13.0 Å². The van der Waals surface area contributed by atoms with E-state index >= 15 is 0 Å². The van der Waals surface area contributed by atoms with Gasteiger partial charge >= 0.3 is 0 Å². The molecule has 0 aliphatic heterocycles. The summed E-state index contributed by atoms with van der Waals surface area (Å²) in [5.74, 6) is 0.985. The molecule has 2 heterocycles. The quantitative estimate of drug-likeness (QED) is 0.915. The molecule has 0 radical (unpaired) electrons. The van der Waals surface area contributed by atoms with Crippen LogP contribution in [0.2, 0.25) is 0 Å². The van der Waals surface area contributed by atoms with Crippen LogP contribution in [0, 0.1) is 0 Å². The number of aryl methyl sites for hydroxylation is 1. The number of hydrogen-bond acceptors (Lipinski definition) is 3. The second-order valence-corrected chi connectivity index (χ2v) is 6.11. The Labute approximate surface area is 113 Å². The van der Waals surface area contributed by atoms with Crippen molar-refractivity contribution in [2.24, 2.45) is 0 Å². The molecule has 17 heavy (non-hydrogen) atoms. The topological polar surface area (TPSA) is 25.2 Å². The number of fused-ring (bicyclic) bond motifs is 1. The molecule has 1 unspecified atom stereocenters. The predicted octanol–water partition coefficient (Wildman–Crippen LogP) is 4.27. The molecule has 4 heteroatoms. The molecule has 0 bridgehead atoms. The summed E-state index contributed by atoms with van der Waals surface area (Å²) in [6, 6.07) is 6.70. The van der Waals surface area contributed by atoms with Gasteiger partial charge in [-0.25, -0.2) is 0 Å². The van der Waals surface area contributed by atoms with E-state index in [1.807, 2.05) is 23.5 Å². The summed E-state index contributed by atoms with van der Waals surface area (Å²) < 4.78 is 6.30. The maximum Gasteiger partial charge on any atom is 0.169 e. The van der Waals surface area contributed by atoms with Gasteiger partial charge in [0.15, 0.2) is 4.67 Å². The summed E-state index contributed by atoms with van der Waals surface area (Å²) in [5.41, 5.74) is 1.49. The lowest BCUT2D eigenvalue weighted by atomic mass is 9.94. The highest BCUT2D eigenvalue weighted by Crippen LogP contribution is 2.33. The number of hydrogen-bond donors (Lipinski definition) is 1. The molecule has 0 saturated carbocycles. The Kier molecular flexibility index (Phi) is 3.36. The van der Waals surface area contributed by atoms with Crippen LogP contribution in [0.15, 0.2) is 32.7 Å². The molecule has 0 amide bonds. The minimum atomic E-state index is 0.494. The first-order chi connectivity index (χ1) is 8.33. The SMILES string of the molecule is Brc1ccc(CNC2CCCc3sccc32)o1. The number of rotatable bonds is 3. The van der Waals surface area contributed by atoms with E-state index < -0.39 is 0 Å². The van der Waals surface area contributed by atoms with E-state index in [9.17, 15) is 0 Å². The summed E-state index contributed by atoms with van der Waals surface area (Å²) in [4.78, 5) is 1.55. The Balaban J connectivity index is 1.67. The van der Waals surface area contributed by atoms with Gasteiger partial charge in [0.25, 0.3) is 0 Å². The number of thiophene rings is 1. The smallest absolute Gasteiger partial charge is 0.169 e. The maximum absolute atomic E-state index is 5.50. The standard InChI is InChI=1S/C13H14BrNOS/c14-13-5-4-9(16-13)8-15-11-2-1-3-12-10(11)6-7-17-12/h4-7,11,15H,1-3,8H2. The summed E-state index contributed by atoms with van der Waals surface area (Å²) in [6.07, 6.45) is 3.76. The van der Waals surface area contributed by atoms with Gasteiger partial charge in [-0.15, -0.1) is 11.3 Å². The van der Waals surface area contributed by atoms with Crippen molar-refractivity contribution in [2.45, 2.75) is 31.8 Å². The van der Waals surface area contributed by atoms with E-state index in [-0.39, 0.29) is 0 Å². The molecule has 0 saturated heterocycles. The normalized spacial score (nSPS) is 19.2. The largest absolute Gasteiger partial charge is 0.453 e. The van der Waals surface area contributed by atoms with Gasteiger partial charge in [0.2, 0.25) is 0 Å². The van der Waals surface area contributed by atoms with E-state index in [1.165, 1.54) is 24.8 Å². The molecule has 0 spiro atoms. The van der Waals surface area contributed by atoms with Crippen molar-refractivity contribution in [3.8, 4) is 0 Å². The number of furan rings is 1. The Morgan fingerprint density at radius 1 is 1.41 bits per heavy atom. The van der Waals surface area contributed by atoms with Gasteiger partial charge in [-0.2, -0.15) is 0 Å². The van der Waals surface area contributed by atoms with Gasteiger partial charge in [0.1, 0.15) is 5.76 Å². The third kappa shape index (κ3) is 2.49. The average Bonchev–Trinajstić information content (AvgIpc) is 2.94. The third-order valence-corrected chi connectivity index (χ3v) is 4.63. The van der Waals surface area contributed by atoms with E-state index in [0.29, 0.717) is 6.04 Å². The van der Waals surface area contributed by atoms with Crippen molar-refractivity contribution < 1.29 is 4.42 Å². The predicted molar refractivity (Wildman–Crippen MR) is 73.2 cm³/mol. The molecule has 2 nitrogen and oxygen atoms in total. The molecule has 2 aromatic heterocycles. The fraction of sp³-hybridized carbons (Fsp3) is 0.385. The van der Waals surface area contributed by atoms with E-state index in [0.717, 1.165) is 17.0 Å². The molecule has 1 N–H and O–H groups in total. The van der Waals surface area contributed by atoms with Crippen molar-refractivity contribution in [2.75, 3.05) is 0 Å². The van der Waals surface area contributed by atoms with E-state index in [4.69, 9.17) is 4.42 Å². The molecule has 1 aliphatic rings. The zero-order chi connectivity index (χ0) is 11.7. The highest BCUT2D eigenvalue weighted by Gasteiger charge is 2.20. The monoisotopic (exact) mass is 311 g/mol. The lowest BCUT2D eigenvalue weighted by Crippen LogP contribution is -2.23. The Bertz CT molecular complexity index is 505. The van der Waals surface area contributed by atoms with Gasteiger partial charge in [0.05, 0.1) is 6.54 Å². The zero-order valence-electron chi connectivity index (χ0n) is 9.41. The van der Waals surface area contributed by atoms with Gasteiger partial charge in [-0.3, -0.25) is 0 Å². The molecule has 0 fully saturated rings. The first-order valence-corrected chi connectivity index (χ1v) is 7.54. The Morgan fingerprint density at radius 3 is 3.18 bits per heavy atom. The van der Waals surface area contributed by atoms with Crippen molar-refractivity contribution in [1.29, 1.82) is 0 Å². The average molecular weight is 312 g/mol. The molecular weight excluding hydrogens is 298 g/mol. The third-order valence-electron chi connectivity index (χ3n) is 3.20. The molecule has 1 atom stereocenters. The van der Waals surface area contributed by atoms with Crippen LogP contribution in [0.25, 0.3) is 0 Å². The molecule has 3 rings (SSSR count). The van der Waals surface area contributed by atoms with Crippen molar-refractivity contribution >= 4 is 27.3 Å². The fourth-order valence-electron chi connectivity index (χ4n) is 2.37. The van der Waals surface area contributed by atoms with Crippen LogP contribution >= 0.6 is 27.3 Å². The Morgan fingerprint density at radius 2 is 2.35 bits per heavy atom. The van der Waals surface area contributed by atoms with Crippen LogP contribution < -0.4 is 5.32 Å². The van der Waals surface area contributed by atoms with Crippen LogP contribution in [0.1, 0.15) is 35.1 Å². The Hall–Kier alpha value is -0.580. The maximum atomic E-state index is 5.50. The molecule has 0 aromatic carbocycles. The van der Waals surface area contributed by atoms with Gasteiger partial charge < -0.3 is 9.73 Å². The van der Waals surface area contributed by atoms with Gasteiger partial charge in [0, 0.05) is 10.9 Å². The summed E-state index contributed by atoms with van der Waals surface area (Å²) in [7, 11) is 0. The van der Waals surface area contributed by atoms with Crippen LogP contribution in [0.5, 0.6) is 0 Å². The van der Waals surface area contributed by atoms with Gasteiger partial charge in [-0.1, -0.05) is 0 Å².